The minimum atomic E-state index is -3.90. The molecule has 250 valence electrons. The van der Waals surface area contributed by atoms with Gasteiger partial charge in [0.15, 0.2) is 0 Å². The zero-order valence-corrected chi connectivity index (χ0v) is 28.7. The van der Waals surface area contributed by atoms with Crippen molar-refractivity contribution >= 4 is 15.9 Å². The number of nitrogens with zero attached hydrogens (tertiary/aromatic N) is 2. The van der Waals surface area contributed by atoms with Crippen molar-refractivity contribution in [2.45, 2.75) is 70.0 Å². The molecule has 0 aromatic heterocycles. The lowest BCUT2D eigenvalue weighted by atomic mass is 9.78. The molecule has 1 amide bonds. The number of halogens is 1. The number of methoxy groups -OCH3 is 1. The lowest BCUT2D eigenvalue weighted by molar-refractivity contribution is -0.126. The van der Waals surface area contributed by atoms with E-state index in [1.165, 1.54) is 16.4 Å². The first-order valence-electron chi connectivity index (χ1n) is 15.9. The highest BCUT2D eigenvalue weighted by molar-refractivity contribution is 7.89. The Balaban J connectivity index is 1.33. The van der Waals surface area contributed by atoms with Crippen molar-refractivity contribution in [1.29, 1.82) is 0 Å². The highest BCUT2D eigenvalue weighted by atomic mass is 32.2. The number of nitrogens with one attached hydrogen (secondary N) is 1. The van der Waals surface area contributed by atoms with Crippen LogP contribution in [-0.4, -0.2) is 70.5 Å². The fourth-order valence-corrected chi connectivity index (χ4v) is 8.56. The quantitative estimate of drug-likeness (QED) is 0.217. The fourth-order valence-electron chi connectivity index (χ4n) is 6.66. The molecule has 1 aliphatic carbocycles. The Morgan fingerprint density at radius 1 is 0.978 bits per heavy atom. The maximum atomic E-state index is 14.1. The molecule has 8 nitrogen and oxygen atoms in total. The maximum Gasteiger partial charge on any atom is 0.246 e. The van der Waals surface area contributed by atoms with E-state index in [0.29, 0.717) is 22.8 Å². The summed E-state index contributed by atoms with van der Waals surface area (Å²) in [5.74, 6) is 0.611. The molecule has 1 N–H and O–H groups in total. The summed E-state index contributed by atoms with van der Waals surface area (Å²) in [4.78, 5) is 15.3. The van der Waals surface area contributed by atoms with Gasteiger partial charge in [-0.1, -0.05) is 42.5 Å². The molecule has 0 aliphatic heterocycles. The minimum absolute atomic E-state index is 0.0580. The van der Waals surface area contributed by atoms with Crippen molar-refractivity contribution in [2.75, 3.05) is 41.0 Å². The first-order chi connectivity index (χ1) is 21.9. The van der Waals surface area contributed by atoms with Gasteiger partial charge < -0.3 is 19.7 Å². The molecule has 1 atom stereocenters. The predicted octanol–water partition coefficient (Wildman–Crippen LogP) is 5.94. The predicted molar refractivity (Wildman–Crippen MR) is 179 cm³/mol. The van der Waals surface area contributed by atoms with Crippen molar-refractivity contribution in [3.05, 3.63) is 94.3 Å². The Morgan fingerprint density at radius 3 is 2.24 bits per heavy atom. The van der Waals surface area contributed by atoms with E-state index in [-0.39, 0.29) is 55.0 Å². The monoisotopic (exact) mass is 653 g/mol. The zero-order valence-electron chi connectivity index (χ0n) is 27.9. The average molecular weight is 654 g/mol. The van der Waals surface area contributed by atoms with Crippen molar-refractivity contribution < 1.29 is 27.1 Å². The summed E-state index contributed by atoms with van der Waals surface area (Å²) in [6.07, 6.45) is 3.60. The average Bonchev–Trinajstić information content (AvgIpc) is 3.02. The molecule has 3 aromatic rings. The van der Waals surface area contributed by atoms with Gasteiger partial charge in [-0.15, -0.1) is 0 Å². The Kier molecular flexibility index (Phi) is 12.4. The van der Waals surface area contributed by atoms with E-state index >= 15 is 0 Å². The molecule has 0 spiro atoms. The summed E-state index contributed by atoms with van der Waals surface area (Å²) in [5.41, 5.74) is 4.00. The third-order valence-electron chi connectivity index (χ3n) is 9.07. The van der Waals surface area contributed by atoms with Crippen molar-refractivity contribution in [1.82, 2.24) is 14.5 Å². The van der Waals surface area contributed by atoms with Crippen molar-refractivity contribution in [2.24, 2.45) is 5.92 Å². The number of ether oxygens (including phenoxy) is 2. The number of rotatable bonds is 14. The van der Waals surface area contributed by atoms with Gasteiger partial charge in [0.05, 0.1) is 18.6 Å². The molecule has 0 saturated heterocycles. The van der Waals surface area contributed by atoms with Gasteiger partial charge in [-0.2, -0.15) is 4.31 Å². The fraction of sp³-hybridized carbons (Fsp3) is 0.472. The van der Waals surface area contributed by atoms with E-state index in [4.69, 9.17) is 9.47 Å². The van der Waals surface area contributed by atoms with E-state index in [9.17, 15) is 17.6 Å². The summed E-state index contributed by atoms with van der Waals surface area (Å²) in [6, 6.07) is 18.2. The van der Waals surface area contributed by atoms with Crippen LogP contribution in [0.15, 0.2) is 65.6 Å². The van der Waals surface area contributed by atoms with Crippen LogP contribution in [0.25, 0.3) is 0 Å². The lowest BCUT2D eigenvalue weighted by Gasteiger charge is -2.37. The Labute approximate surface area is 273 Å². The van der Waals surface area contributed by atoms with Gasteiger partial charge in [0.1, 0.15) is 18.2 Å². The molecular formula is C36H48FN3O5S. The van der Waals surface area contributed by atoms with Crippen LogP contribution in [-0.2, 0) is 26.1 Å². The van der Waals surface area contributed by atoms with Crippen LogP contribution >= 0.6 is 0 Å². The topological polar surface area (TPSA) is 88.2 Å². The highest BCUT2D eigenvalue weighted by Gasteiger charge is 2.32. The largest absolute Gasteiger partial charge is 0.496 e. The number of amides is 1. The van der Waals surface area contributed by atoms with Gasteiger partial charge in [0.2, 0.25) is 15.9 Å². The number of benzene rings is 3. The van der Waals surface area contributed by atoms with Gasteiger partial charge in [0, 0.05) is 25.2 Å². The highest BCUT2D eigenvalue weighted by Crippen LogP contribution is 2.37. The Bertz CT molecular complexity index is 1560. The summed E-state index contributed by atoms with van der Waals surface area (Å²) < 4.78 is 54.3. The van der Waals surface area contributed by atoms with Gasteiger partial charge in [0.25, 0.3) is 0 Å². The van der Waals surface area contributed by atoms with Gasteiger partial charge in [-0.05, 0) is 112 Å². The minimum Gasteiger partial charge on any atom is -0.496 e. The van der Waals surface area contributed by atoms with Gasteiger partial charge in [-0.3, -0.25) is 4.79 Å². The molecule has 0 heterocycles. The first kappa shape index (κ1) is 35.5. The van der Waals surface area contributed by atoms with Gasteiger partial charge >= 0.3 is 0 Å². The number of hydrogen-bond donors (Lipinski definition) is 1. The summed E-state index contributed by atoms with van der Waals surface area (Å²) in [5, 5.41) is 3.10. The molecule has 3 aromatic carbocycles. The van der Waals surface area contributed by atoms with Crippen molar-refractivity contribution in [3.8, 4) is 5.75 Å². The van der Waals surface area contributed by atoms with Crippen LogP contribution in [0.3, 0.4) is 0 Å². The van der Waals surface area contributed by atoms with Crippen LogP contribution in [0.2, 0.25) is 0 Å². The second-order valence-electron chi connectivity index (χ2n) is 12.5. The number of aryl methyl sites for hydroxylation is 1. The third-order valence-corrected chi connectivity index (χ3v) is 11.2. The van der Waals surface area contributed by atoms with E-state index < -0.39 is 10.0 Å². The maximum absolute atomic E-state index is 14.1. The lowest BCUT2D eigenvalue weighted by Crippen LogP contribution is -2.41. The van der Waals surface area contributed by atoms with E-state index in [1.54, 1.807) is 27.0 Å². The molecule has 4 rings (SSSR count). The molecule has 1 fully saturated rings. The third kappa shape index (κ3) is 8.73. The Morgan fingerprint density at radius 2 is 1.63 bits per heavy atom. The molecule has 46 heavy (non-hydrogen) atoms. The van der Waals surface area contributed by atoms with Gasteiger partial charge in [-0.25, -0.2) is 12.8 Å². The zero-order chi connectivity index (χ0) is 33.4. The van der Waals surface area contributed by atoms with E-state index in [0.717, 1.165) is 42.4 Å². The van der Waals surface area contributed by atoms with E-state index in [2.05, 4.69) is 10.2 Å². The molecule has 0 radical (unpaired) electrons. The number of carbonyl (C=O) groups is 1. The SMILES string of the molecule is COc1cc(C)c(S(=O)(=O)N(CCOCC(=O)NC2CCC(C(c3ccc(F)cc3)N(C)C)CC2)Cc2ccccc2)c(C)c1C. The van der Waals surface area contributed by atoms with Crippen LogP contribution in [0.4, 0.5) is 4.39 Å². The number of carbonyl (C=O) groups excluding carboxylic acids is 1. The van der Waals surface area contributed by atoms with Crippen LogP contribution < -0.4 is 10.1 Å². The first-order valence-corrected chi connectivity index (χ1v) is 17.3. The molecule has 1 aliphatic rings. The van der Waals surface area contributed by atoms with Crippen LogP contribution in [0.5, 0.6) is 5.75 Å². The molecule has 1 saturated carbocycles. The summed E-state index contributed by atoms with van der Waals surface area (Å²) >= 11 is 0. The molecule has 0 bridgehead atoms. The molecular weight excluding hydrogens is 605 g/mol. The number of sulfonamides is 1. The van der Waals surface area contributed by atoms with Crippen LogP contribution in [0, 0.1) is 32.5 Å². The van der Waals surface area contributed by atoms with E-state index in [1.807, 2.05) is 63.5 Å². The van der Waals surface area contributed by atoms with Crippen molar-refractivity contribution in [3.63, 3.8) is 0 Å². The second kappa shape index (κ2) is 16.0. The molecule has 10 heteroatoms. The molecule has 1 unspecified atom stereocenters. The standard InChI is InChI=1S/C36H48FN3O5S/c1-25-22-33(44-6)26(2)27(3)36(25)46(42,43)40(23-28-10-8-7-9-11-28)20-21-45-24-34(41)38-32-18-14-30(15-19-32)35(39(4)5)29-12-16-31(37)17-13-29/h7-13,16-17,22,30,32,35H,14-15,18-21,23-24H2,1-6H3,(H,38,41). The Hall–Kier alpha value is -3.31. The summed E-state index contributed by atoms with van der Waals surface area (Å²) in [6.45, 7) is 5.63. The normalized spacial score (nSPS) is 17.7. The summed E-state index contributed by atoms with van der Waals surface area (Å²) in [7, 11) is 1.77. The number of hydrogen-bond acceptors (Lipinski definition) is 6. The van der Waals surface area contributed by atoms with Crippen LogP contribution in [0.1, 0.15) is 59.5 Å². The second-order valence-corrected chi connectivity index (χ2v) is 14.4. The smallest absolute Gasteiger partial charge is 0.246 e.